The second-order valence-electron chi connectivity index (χ2n) is 6.55. The van der Waals surface area contributed by atoms with Gasteiger partial charge in [0.05, 0.1) is 17.1 Å². The van der Waals surface area contributed by atoms with Crippen molar-refractivity contribution in [3.63, 3.8) is 0 Å². The second kappa shape index (κ2) is 9.73. The van der Waals surface area contributed by atoms with Crippen LogP contribution in [0.4, 0.5) is 0 Å². The summed E-state index contributed by atoms with van der Waals surface area (Å²) in [5.74, 6) is -0.0850. The first kappa shape index (κ1) is 21.2. The monoisotopic (exact) mass is 400 g/mol. The van der Waals surface area contributed by atoms with Gasteiger partial charge in [0.2, 0.25) is 10.0 Å². The standard InChI is InChI=1S/C18H28N2O4S2/c1-14(13-24-2)19-26(22,23)15-8-9-17(25-3)16(12-15)18(21)20-10-6-4-5-7-11-20/h8-9,12,14,19H,4-7,10-11,13H2,1-3H3/t14-/m0/s1. The number of rotatable bonds is 7. The minimum Gasteiger partial charge on any atom is -0.383 e. The first-order chi connectivity index (χ1) is 12.4. The molecule has 1 aromatic carbocycles. The Morgan fingerprint density at radius 2 is 1.92 bits per heavy atom. The van der Waals surface area contributed by atoms with Crippen molar-refractivity contribution in [2.75, 3.05) is 33.1 Å². The van der Waals surface area contributed by atoms with Crippen molar-refractivity contribution in [2.45, 2.75) is 48.4 Å². The van der Waals surface area contributed by atoms with Crippen molar-refractivity contribution >= 4 is 27.7 Å². The number of likely N-dealkylation sites (tertiary alicyclic amines) is 1. The minimum absolute atomic E-state index is 0.0850. The fraction of sp³-hybridized carbons (Fsp3) is 0.611. The summed E-state index contributed by atoms with van der Waals surface area (Å²) in [5, 5.41) is 0. The van der Waals surface area contributed by atoms with Gasteiger partial charge in [0.25, 0.3) is 5.91 Å². The molecule has 2 rings (SSSR count). The van der Waals surface area contributed by atoms with Crippen LogP contribution in [-0.2, 0) is 14.8 Å². The zero-order chi connectivity index (χ0) is 19.2. The van der Waals surface area contributed by atoms with Crippen LogP contribution < -0.4 is 4.72 Å². The third-order valence-corrected chi connectivity index (χ3v) is 6.76. The lowest BCUT2D eigenvalue weighted by molar-refractivity contribution is 0.0758. The molecule has 1 N–H and O–H groups in total. The quantitative estimate of drug-likeness (QED) is 0.712. The van der Waals surface area contributed by atoms with Gasteiger partial charge in [0, 0.05) is 31.1 Å². The van der Waals surface area contributed by atoms with Gasteiger partial charge in [-0.25, -0.2) is 13.1 Å². The maximum Gasteiger partial charge on any atom is 0.255 e. The molecule has 0 saturated carbocycles. The van der Waals surface area contributed by atoms with Crippen molar-refractivity contribution in [2.24, 2.45) is 0 Å². The van der Waals surface area contributed by atoms with Gasteiger partial charge in [-0.15, -0.1) is 11.8 Å². The molecule has 1 aromatic rings. The van der Waals surface area contributed by atoms with Crippen LogP contribution in [0.5, 0.6) is 0 Å². The maximum absolute atomic E-state index is 13.0. The van der Waals surface area contributed by atoms with Crippen molar-refractivity contribution in [1.82, 2.24) is 9.62 Å². The molecular formula is C18H28N2O4S2. The lowest BCUT2D eigenvalue weighted by atomic mass is 10.2. The van der Waals surface area contributed by atoms with E-state index in [0.29, 0.717) is 5.56 Å². The molecule has 0 unspecified atom stereocenters. The Morgan fingerprint density at radius 3 is 2.50 bits per heavy atom. The molecule has 8 heteroatoms. The largest absolute Gasteiger partial charge is 0.383 e. The fourth-order valence-corrected chi connectivity index (χ4v) is 4.91. The highest BCUT2D eigenvalue weighted by Crippen LogP contribution is 2.26. The Labute approximate surface area is 160 Å². The molecule has 0 aromatic heterocycles. The first-order valence-electron chi connectivity index (χ1n) is 8.87. The van der Waals surface area contributed by atoms with Crippen LogP contribution in [0.2, 0.25) is 0 Å². The van der Waals surface area contributed by atoms with E-state index in [1.807, 2.05) is 11.2 Å². The third kappa shape index (κ3) is 5.45. The van der Waals surface area contributed by atoms with E-state index in [4.69, 9.17) is 4.74 Å². The second-order valence-corrected chi connectivity index (χ2v) is 9.11. The van der Waals surface area contributed by atoms with E-state index < -0.39 is 10.0 Å². The number of hydrogen-bond donors (Lipinski definition) is 1. The molecule has 1 atom stereocenters. The molecule has 0 bridgehead atoms. The number of nitrogens with one attached hydrogen (secondary N) is 1. The fourth-order valence-electron chi connectivity index (χ4n) is 3.08. The normalized spacial score (nSPS) is 17.0. The van der Waals surface area contributed by atoms with Crippen molar-refractivity contribution in [3.05, 3.63) is 23.8 Å². The highest BCUT2D eigenvalue weighted by molar-refractivity contribution is 7.98. The van der Waals surface area contributed by atoms with Crippen LogP contribution in [0.3, 0.4) is 0 Å². The molecular weight excluding hydrogens is 372 g/mol. The van der Waals surface area contributed by atoms with Crippen molar-refractivity contribution in [3.8, 4) is 0 Å². The van der Waals surface area contributed by atoms with Gasteiger partial charge in [0.1, 0.15) is 0 Å². The molecule has 1 saturated heterocycles. The summed E-state index contributed by atoms with van der Waals surface area (Å²) in [6.07, 6.45) is 6.15. The molecule has 0 spiro atoms. The highest BCUT2D eigenvalue weighted by atomic mass is 32.2. The van der Waals surface area contributed by atoms with E-state index in [9.17, 15) is 13.2 Å². The smallest absolute Gasteiger partial charge is 0.255 e. The van der Waals surface area contributed by atoms with Crippen molar-refractivity contribution < 1.29 is 17.9 Å². The number of amides is 1. The summed E-state index contributed by atoms with van der Waals surface area (Å²) in [7, 11) is -2.19. The lowest BCUT2D eigenvalue weighted by Crippen LogP contribution is -2.36. The Kier molecular flexibility index (Phi) is 7.94. The van der Waals surface area contributed by atoms with Crippen LogP contribution >= 0.6 is 11.8 Å². The molecule has 6 nitrogen and oxygen atoms in total. The molecule has 1 amide bonds. The molecule has 0 aliphatic carbocycles. The number of methoxy groups -OCH3 is 1. The van der Waals surface area contributed by atoms with E-state index in [0.717, 1.165) is 43.7 Å². The number of hydrogen-bond acceptors (Lipinski definition) is 5. The van der Waals surface area contributed by atoms with Crippen molar-refractivity contribution in [1.29, 1.82) is 0 Å². The summed E-state index contributed by atoms with van der Waals surface area (Å²) >= 11 is 1.45. The Hall–Kier alpha value is -1.09. The number of thioether (sulfide) groups is 1. The van der Waals surface area contributed by atoms with Gasteiger partial charge < -0.3 is 9.64 Å². The van der Waals surface area contributed by atoms with Gasteiger partial charge in [-0.3, -0.25) is 4.79 Å². The highest BCUT2D eigenvalue weighted by Gasteiger charge is 2.24. The number of carbonyl (C=O) groups is 1. The van der Waals surface area contributed by atoms with Crippen LogP contribution in [0.25, 0.3) is 0 Å². The predicted molar refractivity (Wildman–Crippen MR) is 104 cm³/mol. The minimum atomic E-state index is -3.71. The number of benzene rings is 1. The summed E-state index contributed by atoms with van der Waals surface area (Å²) in [4.78, 5) is 15.8. The molecule has 1 aliphatic rings. The molecule has 146 valence electrons. The third-order valence-electron chi connectivity index (χ3n) is 4.38. The average molecular weight is 401 g/mol. The van der Waals surface area contributed by atoms with Gasteiger partial charge >= 0.3 is 0 Å². The lowest BCUT2D eigenvalue weighted by Gasteiger charge is -2.22. The van der Waals surface area contributed by atoms with E-state index in [2.05, 4.69) is 4.72 Å². The predicted octanol–water partition coefficient (Wildman–Crippen LogP) is 2.74. The molecule has 0 radical (unpaired) electrons. The van der Waals surface area contributed by atoms with Crippen LogP contribution in [0.1, 0.15) is 43.0 Å². The molecule has 1 heterocycles. The number of carbonyl (C=O) groups excluding carboxylic acids is 1. The van der Waals surface area contributed by atoms with E-state index in [1.165, 1.54) is 24.9 Å². The van der Waals surface area contributed by atoms with E-state index in [1.54, 1.807) is 19.1 Å². The molecule has 26 heavy (non-hydrogen) atoms. The Balaban J connectivity index is 2.31. The zero-order valence-corrected chi connectivity index (χ0v) is 17.3. The first-order valence-corrected chi connectivity index (χ1v) is 11.6. The van der Waals surface area contributed by atoms with Gasteiger partial charge in [-0.05, 0) is 44.2 Å². The average Bonchev–Trinajstić information content (AvgIpc) is 2.89. The summed E-state index contributed by atoms with van der Waals surface area (Å²) in [6.45, 7) is 3.47. The SMILES string of the molecule is COC[C@H](C)NS(=O)(=O)c1ccc(SC)c(C(=O)N2CCCCCC2)c1. The van der Waals surface area contributed by atoms with Gasteiger partial charge in [-0.2, -0.15) is 0 Å². The van der Waals surface area contributed by atoms with E-state index >= 15 is 0 Å². The summed E-state index contributed by atoms with van der Waals surface area (Å²) < 4.78 is 32.8. The Bertz CT molecular complexity index is 714. The summed E-state index contributed by atoms with van der Waals surface area (Å²) in [6, 6.07) is 4.41. The van der Waals surface area contributed by atoms with Crippen LogP contribution in [0, 0.1) is 0 Å². The maximum atomic E-state index is 13.0. The number of sulfonamides is 1. The van der Waals surface area contributed by atoms with Gasteiger partial charge in [0.15, 0.2) is 0 Å². The molecule has 1 fully saturated rings. The van der Waals surface area contributed by atoms with Gasteiger partial charge in [-0.1, -0.05) is 12.8 Å². The zero-order valence-electron chi connectivity index (χ0n) is 15.7. The van der Waals surface area contributed by atoms with E-state index in [-0.39, 0.29) is 23.5 Å². The Morgan fingerprint density at radius 1 is 1.27 bits per heavy atom. The van der Waals surface area contributed by atoms with Crippen LogP contribution in [0.15, 0.2) is 28.0 Å². The number of nitrogens with zero attached hydrogens (tertiary/aromatic N) is 1. The number of ether oxygens (including phenoxy) is 1. The van der Waals surface area contributed by atoms with Crippen LogP contribution in [-0.4, -0.2) is 58.3 Å². The topological polar surface area (TPSA) is 75.7 Å². The molecule has 1 aliphatic heterocycles. The summed E-state index contributed by atoms with van der Waals surface area (Å²) in [5.41, 5.74) is 0.460.